The highest BCUT2D eigenvalue weighted by molar-refractivity contribution is 7.92. The Kier molecular flexibility index (Phi) is 5.04. The Labute approximate surface area is 151 Å². The highest BCUT2D eigenvalue weighted by atomic mass is 32.2. The first-order valence-corrected chi connectivity index (χ1v) is 9.39. The number of carbonyl (C=O) groups is 1. The number of benzene rings is 2. The van der Waals surface area contributed by atoms with Gasteiger partial charge in [0.25, 0.3) is 10.0 Å². The molecule has 8 heteroatoms. The van der Waals surface area contributed by atoms with E-state index in [-0.39, 0.29) is 17.9 Å². The molecule has 0 fully saturated rings. The van der Waals surface area contributed by atoms with Crippen LogP contribution in [0.1, 0.15) is 6.42 Å². The molecule has 1 heterocycles. The van der Waals surface area contributed by atoms with E-state index in [1.54, 1.807) is 30.3 Å². The molecule has 26 heavy (non-hydrogen) atoms. The number of sulfonamides is 1. The van der Waals surface area contributed by atoms with Gasteiger partial charge < -0.3 is 5.73 Å². The van der Waals surface area contributed by atoms with Crippen molar-refractivity contribution in [1.29, 1.82) is 0 Å². The van der Waals surface area contributed by atoms with Crippen molar-refractivity contribution >= 4 is 21.6 Å². The van der Waals surface area contributed by atoms with Crippen molar-refractivity contribution in [3.63, 3.8) is 0 Å². The van der Waals surface area contributed by atoms with Gasteiger partial charge in [-0.05, 0) is 24.3 Å². The standard InChI is InChI=1S/C18H18N4O3S/c19-18(23)11-12-22(16-9-5-2-6-10-16)26(24,25)17-13-20-21(14-17)15-7-3-1-4-8-15/h1-10,13-14H,11-12H2,(H2,19,23). The van der Waals surface area contributed by atoms with Crippen LogP contribution in [0.5, 0.6) is 0 Å². The normalized spacial score (nSPS) is 11.2. The molecule has 134 valence electrons. The number of hydrogen-bond acceptors (Lipinski definition) is 4. The first-order chi connectivity index (χ1) is 12.5. The van der Waals surface area contributed by atoms with Gasteiger partial charge in [-0.1, -0.05) is 36.4 Å². The van der Waals surface area contributed by atoms with Crippen LogP contribution >= 0.6 is 0 Å². The number of aromatic nitrogens is 2. The summed E-state index contributed by atoms with van der Waals surface area (Å²) in [6.45, 7) is -0.0435. The Hall–Kier alpha value is -3.13. The Bertz CT molecular complexity index is 986. The molecule has 0 aliphatic carbocycles. The number of hydrogen-bond donors (Lipinski definition) is 1. The van der Waals surface area contributed by atoms with E-state index in [1.807, 2.05) is 30.3 Å². The van der Waals surface area contributed by atoms with Crippen molar-refractivity contribution < 1.29 is 13.2 Å². The van der Waals surface area contributed by atoms with Crippen LogP contribution < -0.4 is 10.0 Å². The van der Waals surface area contributed by atoms with E-state index < -0.39 is 15.9 Å². The summed E-state index contributed by atoms with van der Waals surface area (Å²) in [6, 6.07) is 17.8. The molecular weight excluding hydrogens is 352 g/mol. The molecule has 0 unspecified atom stereocenters. The maximum Gasteiger partial charge on any atom is 0.267 e. The summed E-state index contributed by atoms with van der Waals surface area (Å²) >= 11 is 0. The molecule has 7 nitrogen and oxygen atoms in total. The Balaban J connectivity index is 1.97. The molecule has 1 aromatic heterocycles. The average Bonchev–Trinajstić information content (AvgIpc) is 3.14. The van der Waals surface area contributed by atoms with E-state index in [4.69, 9.17) is 5.73 Å². The number of para-hydroxylation sites is 2. The second-order valence-corrected chi connectivity index (χ2v) is 7.45. The highest BCUT2D eigenvalue weighted by Gasteiger charge is 2.26. The van der Waals surface area contributed by atoms with Crippen molar-refractivity contribution in [1.82, 2.24) is 9.78 Å². The molecule has 2 N–H and O–H groups in total. The van der Waals surface area contributed by atoms with Gasteiger partial charge in [0.15, 0.2) is 0 Å². The molecule has 0 spiro atoms. The molecule has 0 aliphatic heterocycles. The van der Waals surface area contributed by atoms with E-state index >= 15 is 0 Å². The number of anilines is 1. The number of carbonyl (C=O) groups excluding carboxylic acids is 1. The van der Waals surface area contributed by atoms with Crippen LogP contribution in [0.15, 0.2) is 78.0 Å². The number of nitrogens with zero attached hydrogens (tertiary/aromatic N) is 3. The maximum atomic E-state index is 13.1. The van der Waals surface area contributed by atoms with E-state index in [9.17, 15) is 13.2 Å². The van der Waals surface area contributed by atoms with E-state index in [0.29, 0.717) is 5.69 Å². The average molecular weight is 370 g/mol. The zero-order chi connectivity index (χ0) is 18.6. The van der Waals surface area contributed by atoms with Crippen LogP contribution in [0, 0.1) is 0 Å². The van der Waals surface area contributed by atoms with Crippen molar-refractivity contribution in [2.45, 2.75) is 11.3 Å². The molecule has 0 bridgehead atoms. The third-order valence-corrected chi connectivity index (χ3v) is 5.55. The van der Waals surface area contributed by atoms with Crippen LogP contribution in [-0.4, -0.2) is 30.7 Å². The van der Waals surface area contributed by atoms with E-state index in [2.05, 4.69) is 5.10 Å². The lowest BCUT2D eigenvalue weighted by Gasteiger charge is -2.23. The van der Waals surface area contributed by atoms with Gasteiger partial charge in [0.05, 0.1) is 23.8 Å². The predicted octanol–water partition coefficient (Wildman–Crippen LogP) is 1.94. The van der Waals surface area contributed by atoms with Gasteiger partial charge in [-0.15, -0.1) is 0 Å². The van der Waals surface area contributed by atoms with Gasteiger partial charge in [-0.3, -0.25) is 9.10 Å². The summed E-state index contributed by atoms with van der Waals surface area (Å²) < 4.78 is 28.9. The van der Waals surface area contributed by atoms with Gasteiger partial charge in [-0.2, -0.15) is 5.10 Å². The zero-order valence-electron chi connectivity index (χ0n) is 13.9. The summed E-state index contributed by atoms with van der Waals surface area (Å²) in [5.74, 6) is -0.568. The summed E-state index contributed by atoms with van der Waals surface area (Å²) in [4.78, 5) is 11.2. The monoisotopic (exact) mass is 370 g/mol. The summed E-state index contributed by atoms with van der Waals surface area (Å²) in [5, 5.41) is 4.14. The molecule has 3 rings (SSSR count). The third kappa shape index (κ3) is 3.75. The van der Waals surface area contributed by atoms with Crippen molar-refractivity contribution in [2.24, 2.45) is 5.73 Å². The van der Waals surface area contributed by atoms with Crippen LogP contribution in [0.25, 0.3) is 5.69 Å². The van der Waals surface area contributed by atoms with Gasteiger partial charge in [0.2, 0.25) is 5.91 Å². The molecule has 0 atom stereocenters. The Morgan fingerprint density at radius 3 is 2.27 bits per heavy atom. The Morgan fingerprint density at radius 2 is 1.65 bits per heavy atom. The lowest BCUT2D eigenvalue weighted by atomic mass is 10.3. The second-order valence-electron chi connectivity index (χ2n) is 5.59. The van der Waals surface area contributed by atoms with Crippen LogP contribution in [0.3, 0.4) is 0 Å². The third-order valence-electron chi connectivity index (χ3n) is 3.77. The fourth-order valence-electron chi connectivity index (χ4n) is 2.48. The van der Waals surface area contributed by atoms with Gasteiger partial charge in [0.1, 0.15) is 4.90 Å². The summed E-state index contributed by atoms with van der Waals surface area (Å²) in [6.07, 6.45) is 2.66. The number of nitrogens with two attached hydrogens (primary N) is 1. The van der Waals surface area contributed by atoms with Crippen LogP contribution in [0.2, 0.25) is 0 Å². The molecule has 0 aliphatic rings. The molecule has 0 saturated heterocycles. The first kappa shape index (κ1) is 17.7. The van der Waals surface area contributed by atoms with Crippen molar-refractivity contribution in [3.05, 3.63) is 73.1 Å². The minimum atomic E-state index is -3.89. The van der Waals surface area contributed by atoms with E-state index in [1.165, 1.54) is 21.4 Å². The maximum absolute atomic E-state index is 13.1. The fourth-order valence-corrected chi connectivity index (χ4v) is 3.88. The zero-order valence-corrected chi connectivity index (χ0v) is 14.7. The largest absolute Gasteiger partial charge is 0.370 e. The molecule has 3 aromatic rings. The second kappa shape index (κ2) is 7.40. The van der Waals surface area contributed by atoms with Gasteiger partial charge in [0, 0.05) is 13.0 Å². The quantitative estimate of drug-likeness (QED) is 0.687. The number of primary amides is 1. The van der Waals surface area contributed by atoms with Crippen molar-refractivity contribution in [2.75, 3.05) is 10.8 Å². The van der Waals surface area contributed by atoms with Crippen LogP contribution in [0.4, 0.5) is 5.69 Å². The molecular formula is C18H18N4O3S. The first-order valence-electron chi connectivity index (χ1n) is 7.94. The SMILES string of the molecule is NC(=O)CCN(c1ccccc1)S(=O)(=O)c1cnn(-c2ccccc2)c1. The minimum Gasteiger partial charge on any atom is -0.370 e. The fraction of sp³-hybridized carbons (Fsp3) is 0.111. The minimum absolute atomic E-state index is 0.0367. The number of amides is 1. The molecule has 1 amide bonds. The predicted molar refractivity (Wildman–Crippen MR) is 98.3 cm³/mol. The van der Waals surface area contributed by atoms with Crippen molar-refractivity contribution in [3.8, 4) is 5.69 Å². The van der Waals surface area contributed by atoms with Crippen LogP contribution in [-0.2, 0) is 14.8 Å². The Morgan fingerprint density at radius 1 is 1.04 bits per heavy atom. The van der Waals surface area contributed by atoms with Gasteiger partial charge >= 0.3 is 0 Å². The highest BCUT2D eigenvalue weighted by Crippen LogP contribution is 2.24. The topological polar surface area (TPSA) is 98.3 Å². The number of rotatable bonds is 7. The lowest BCUT2D eigenvalue weighted by Crippen LogP contribution is -2.34. The molecule has 0 radical (unpaired) electrons. The lowest BCUT2D eigenvalue weighted by molar-refractivity contribution is -0.117. The molecule has 0 saturated carbocycles. The summed E-state index contributed by atoms with van der Waals surface area (Å²) in [5.41, 5.74) is 6.41. The summed E-state index contributed by atoms with van der Waals surface area (Å²) in [7, 11) is -3.89. The van der Waals surface area contributed by atoms with E-state index in [0.717, 1.165) is 5.69 Å². The molecule has 2 aromatic carbocycles. The smallest absolute Gasteiger partial charge is 0.267 e. The van der Waals surface area contributed by atoms with Gasteiger partial charge in [-0.25, -0.2) is 13.1 Å².